The number of benzene rings is 1. The summed E-state index contributed by atoms with van der Waals surface area (Å²) in [4.78, 5) is 24.0. The lowest BCUT2D eigenvalue weighted by Crippen LogP contribution is -2.32. The summed E-state index contributed by atoms with van der Waals surface area (Å²) in [5.41, 5.74) is 1.28. The van der Waals surface area contributed by atoms with Crippen molar-refractivity contribution in [1.29, 1.82) is 0 Å². The van der Waals surface area contributed by atoms with Gasteiger partial charge in [0.15, 0.2) is 0 Å². The minimum atomic E-state index is -0.230. The van der Waals surface area contributed by atoms with Crippen molar-refractivity contribution in [3.8, 4) is 0 Å². The van der Waals surface area contributed by atoms with E-state index < -0.39 is 0 Å². The first-order valence-electron chi connectivity index (χ1n) is 7.63. The lowest BCUT2D eigenvalue weighted by atomic mass is 10.1. The molecule has 0 aliphatic rings. The van der Waals surface area contributed by atoms with E-state index in [0.29, 0.717) is 12.1 Å². The van der Waals surface area contributed by atoms with Crippen molar-refractivity contribution in [2.75, 3.05) is 0 Å². The Morgan fingerprint density at radius 2 is 1.96 bits per heavy atom. The molecule has 6 nitrogen and oxygen atoms in total. The zero-order chi connectivity index (χ0) is 16.9. The molecular weight excluding hydrogens is 304 g/mol. The average molecular weight is 322 g/mol. The SMILES string of the molecule is Cn1cc(C(=O)NC(Cn2cccn2)c2ccccc2)ccc1=O. The average Bonchev–Trinajstić information content (AvgIpc) is 3.10. The summed E-state index contributed by atoms with van der Waals surface area (Å²) < 4.78 is 3.17. The summed E-state index contributed by atoms with van der Waals surface area (Å²) in [5, 5.41) is 7.23. The van der Waals surface area contributed by atoms with Crippen LogP contribution in [0.4, 0.5) is 0 Å². The van der Waals surface area contributed by atoms with Crippen LogP contribution < -0.4 is 10.9 Å². The maximum absolute atomic E-state index is 12.6. The van der Waals surface area contributed by atoms with Crippen molar-refractivity contribution in [2.24, 2.45) is 7.05 Å². The number of hydrogen-bond donors (Lipinski definition) is 1. The van der Waals surface area contributed by atoms with Crippen molar-refractivity contribution in [1.82, 2.24) is 19.7 Å². The molecule has 0 radical (unpaired) electrons. The first-order valence-corrected chi connectivity index (χ1v) is 7.63. The fourth-order valence-electron chi connectivity index (χ4n) is 2.49. The highest BCUT2D eigenvalue weighted by molar-refractivity contribution is 5.94. The molecule has 3 rings (SSSR count). The highest BCUT2D eigenvalue weighted by Gasteiger charge is 2.17. The Labute approximate surface area is 139 Å². The first-order chi connectivity index (χ1) is 11.6. The molecule has 0 saturated heterocycles. The van der Waals surface area contributed by atoms with Gasteiger partial charge < -0.3 is 9.88 Å². The highest BCUT2D eigenvalue weighted by Crippen LogP contribution is 2.15. The first kappa shape index (κ1) is 15.7. The van der Waals surface area contributed by atoms with Crippen LogP contribution in [0, 0.1) is 0 Å². The van der Waals surface area contributed by atoms with Gasteiger partial charge in [0.2, 0.25) is 5.56 Å². The Morgan fingerprint density at radius 3 is 2.62 bits per heavy atom. The number of carbonyl (C=O) groups excluding carboxylic acids is 1. The molecule has 122 valence electrons. The third-order valence-corrected chi connectivity index (χ3v) is 3.78. The van der Waals surface area contributed by atoms with Crippen LogP contribution in [-0.2, 0) is 13.6 Å². The molecule has 0 fully saturated rings. The molecule has 1 N–H and O–H groups in total. The molecule has 6 heteroatoms. The van der Waals surface area contributed by atoms with E-state index in [1.807, 2.05) is 42.6 Å². The highest BCUT2D eigenvalue weighted by atomic mass is 16.2. The van der Waals surface area contributed by atoms with Gasteiger partial charge in [-0.05, 0) is 17.7 Å². The summed E-state index contributed by atoms with van der Waals surface area (Å²) in [6.45, 7) is 0.522. The number of pyridine rings is 1. The predicted octanol–water partition coefficient (Wildman–Crippen LogP) is 1.75. The number of aromatic nitrogens is 3. The van der Waals surface area contributed by atoms with Gasteiger partial charge in [0.25, 0.3) is 5.91 Å². The summed E-state index contributed by atoms with van der Waals surface area (Å²) in [5.74, 6) is -0.230. The maximum atomic E-state index is 12.6. The zero-order valence-corrected chi connectivity index (χ0v) is 13.3. The van der Waals surface area contributed by atoms with Crippen molar-refractivity contribution < 1.29 is 4.79 Å². The van der Waals surface area contributed by atoms with Crippen molar-refractivity contribution >= 4 is 5.91 Å². The van der Waals surface area contributed by atoms with Crippen LogP contribution in [-0.4, -0.2) is 20.3 Å². The number of nitrogens with zero attached hydrogens (tertiary/aromatic N) is 3. The van der Waals surface area contributed by atoms with Gasteiger partial charge >= 0.3 is 0 Å². The Balaban J connectivity index is 1.84. The molecule has 24 heavy (non-hydrogen) atoms. The maximum Gasteiger partial charge on any atom is 0.253 e. The van der Waals surface area contributed by atoms with Crippen LogP contribution in [0.5, 0.6) is 0 Å². The van der Waals surface area contributed by atoms with Gasteiger partial charge in [-0.1, -0.05) is 30.3 Å². The minimum Gasteiger partial charge on any atom is -0.343 e. The number of carbonyl (C=O) groups is 1. The number of rotatable bonds is 5. The molecular formula is C18H18N4O2. The molecule has 0 saturated carbocycles. The van der Waals surface area contributed by atoms with Crippen molar-refractivity contribution in [3.63, 3.8) is 0 Å². The Bertz CT molecular complexity index is 870. The smallest absolute Gasteiger partial charge is 0.253 e. The van der Waals surface area contributed by atoms with E-state index in [4.69, 9.17) is 0 Å². The number of nitrogens with one attached hydrogen (secondary N) is 1. The minimum absolute atomic E-state index is 0.150. The third kappa shape index (κ3) is 3.60. The third-order valence-electron chi connectivity index (χ3n) is 3.78. The molecule has 1 unspecified atom stereocenters. The summed E-state index contributed by atoms with van der Waals surface area (Å²) >= 11 is 0. The van der Waals surface area contributed by atoms with Gasteiger partial charge in [0.1, 0.15) is 0 Å². The van der Waals surface area contributed by atoms with E-state index in [1.165, 1.54) is 22.9 Å². The van der Waals surface area contributed by atoms with Crippen LogP contribution in [0.15, 0.2) is 71.9 Å². The monoisotopic (exact) mass is 322 g/mol. The molecule has 2 aromatic heterocycles. The molecule has 3 aromatic rings. The second-order valence-electron chi connectivity index (χ2n) is 5.53. The molecule has 1 atom stereocenters. The Kier molecular flexibility index (Phi) is 4.56. The van der Waals surface area contributed by atoms with E-state index in [0.717, 1.165) is 5.56 Å². The van der Waals surface area contributed by atoms with Crippen LogP contribution >= 0.6 is 0 Å². The molecule has 0 aliphatic carbocycles. The van der Waals surface area contributed by atoms with Crippen molar-refractivity contribution in [3.05, 3.63) is 88.6 Å². The second-order valence-corrected chi connectivity index (χ2v) is 5.53. The summed E-state index contributed by atoms with van der Waals surface area (Å²) in [6, 6.07) is 14.3. The topological polar surface area (TPSA) is 68.9 Å². The Hall–Kier alpha value is -3.15. The van der Waals surface area contributed by atoms with Gasteiger partial charge in [-0.3, -0.25) is 14.3 Å². The predicted molar refractivity (Wildman–Crippen MR) is 90.6 cm³/mol. The van der Waals surface area contributed by atoms with Crippen LogP contribution in [0.1, 0.15) is 22.0 Å². The quantitative estimate of drug-likeness (QED) is 0.778. The van der Waals surface area contributed by atoms with Crippen LogP contribution in [0.25, 0.3) is 0 Å². The van der Waals surface area contributed by atoms with Crippen LogP contribution in [0.3, 0.4) is 0 Å². The van der Waals surface area contributed by atoms with Crippen LogP contribution in [0.2, 0.25) is 0 Å². The molecule has 1 aromatic carbocycles. The van der Waals surface area contributed by atoms with Gasteiger partial charge in [-0.2, -0.15) is 5.10 Å². The normalized spacial score (nSPS) is 11.9. The van der Waals surface area contributed by atoms with E-state index in [9.17, 15) is 9.59 Å². The summed E-state index contributed by atoms with van der Waals surface area (Å²) in [6.07, 6.45) is 5.10. The molecule has 0 aliphatic heterocycles. The van der Waals surface area contributed by atoms with E-state index in [2.05, 4.69) is 10.4 Å². The number of aryl methyl sites for hydroxylation is 1. The molecule has 0 bridgehead atoms. The van der Waals surface area contributed by atoms with Gasteiger partial charge in [-0.25, -0.2) is 0 Å². The molecule has 2 heterocycles. The fourth-order valence-corrected chi connectivity index (χ4v) is 2.49. The second kappa shape index (κ2) is 6.95. The van der Waals surface area contributed by atoms with Gasteiger partial charge in [0.05, 0.1) is 18.2 Å². The fraction of sp³-hybridized carbons (Fsp3) is 0.167. The number of amides is 1. The zero-order valence-electron chi connectivity index (χ0n) is 13.3. The largest absolute Gasteiger partial charge is 0.343 e. The lowest BCUT2D eigenvalue weighted by molar-refractivity contribution is 0.0931. The Morgan fingerprint density at radius 1 is 1.17 bits per heavy atom. The standard InChI is InChI=1S/C18H18N4O2/c1-21-12-15(8-9-17(21)23)18(24)20-16(13-22-11-5-10-19-22)14-6-3-2-4-7-14/h2-12,16H,13H2,1H3,(H,20,24). The lowest BCUT2D eigenvalue weighted by Gasteiger charge is -2.19. The van der Waals surface area contributed by atoms with Crippen molar-refractivity contribution in [2.45, 2.75) is 12.6 Å². The van der Waals surface area contributed by atoms with Gasteiger partial charge in [-0.15, -0.1) is 0 Å². The molecule has 0 spiro atoms. The van der Waals surface area contributed by atoms with E-state index in [1.54, 1.807) is 17.9 Å². The van der Waals surface area contributed by atoms with E-state index in [-0.39, 0.29) is 17.5 Å². The number of hydrogen-bond acceptors (Lipinski definition) is 3. The summed E-state index contributed by atoms with van der Waals surface area (Å²) in [7, 11) is 1.62. The molecule has 1 amide bonds. The van der Waals surface area contributed by atoms with E-state index >= 15 is 0 Å². The van der Waals surface area contributed by atoms with Gasteiger partial charge in [0, 0.05) is 31.7 Å².